The summed E-state index contributed by atoms with van der Waals surface area (Å²) in [5.74, 6) is -1.32. The molecule has 0 saturated carbocycles. The molecule has 0 spiro atoms. The molecule has 0 aliphatic carbocycles. The van der Waals surface area contributed by atoms with Crippen molar-refractivity contribution in [3.63, 3.8) is 0 Å². The first kappa shape index (κ1) is 31.1. The molecule has 0 bridgehead atoms. The number of carbonyl (C=O) groups is 3. The van der Waals surface area contributed by atoms with Crippen molar-refractivity contribution in [1.29, 1.82) is 0 Å². The molecule has 42 heavy (non-hydrogen) atoms. The minimum absolute atomic E-state index is 0.0579. The molecule has 0 unspecified atom stereocenters. The van der Waals surface area contributed by atoms with Gasteiger partial charge in [0, 0.05) is 41.6 Å². The lowest BCUT2D eigenvalue weighted by molar-refractivity contribution is -0.136. The van der Waals surface area contributed by atoms with Crippen molar-refractivity contribution in [2.24, 2.45) is 0 Å². The molecule has 1 saturated heterocycles. The summed E-state index contributed by atoms with van der Waals surface area (Å²) in [7, 11) is -4.30. The number of benzene rings is 2. The van der Waals surface area contributed by atoms with Gasteiger partial charge in [0.05, 0.1) is 17.1 Å². The van der Waals surface area contributed by atoms with Crippen molar-refractivity contribution in [2.75, 3.05) is 41.3 Å². The zero-order valence-electron chi connectivity index (χ0n) is 23.1. The van der Waals surface area contributed by atoms with Crippen LogP contribution in [0.4, 0.5) is 22.0 Å². The summed E-state index contributed by atoms with van der Waals surface area (Å²) in [5.41, 5.74) is -0.0388. The molecule has 2 aromatic carbocycles. The fourth-order valence-corrected chi connectivity index (χ4v) is 5.65. The number of ether oxygens (including phenoxy) is 1. The van der Waals surface area contributed by atoms with Gasteiger partial charge in [-0.2, -0.15) is 4.31 Å². The van der Waals surface area contributed by atoms with Gasteiger partial charge in [-0.1, -0.05) is 23.2 Å². The minimum atomic E-state index is -4.30. The Hall–Kier alpha value is -3.87. The molecule has 1 aliphatic rings. The molecular formula is C28H29Cl2N5O6S. The van der Waals surface area contributed by atoms with Crippen molar-refractivity contribution >= 4 is 68.3 Å². The first-order valence-corrected chi connectivity index (χ1v) is 15.1. The van der Waals surface area contributed by atoms with Crippen LogP contribution in [0.25, 0.3) is 0 Å². The third-order valence-electron chi connectivity index (χ3n) is 6.03. The lowest BCUT2D eigenvalue weighted by atomic mass is 10.2. The second kappa shape index (κ2) is 12.6. The third-order valence-corrected chi connectivity index (χ3v) is 8.31. The van der Waals surface area contributed by atoms with E-state index in [1.807, 2.05) is 0 Å². The normalized spacial score (nSPS) is 14.1. The maximum Gasteiger partial charge on any atom is 0.424 e. The van der Waals surface area contributed by atoms with Crippen LogP contribution in [-0.2, 0) is 24.3 Å². The van der Waals surface area contributed by atoms with E-state index in [1.165, 1.54) is 40.3 Å². The van der Waals surface area contributed by atoms with E-state index >= 15 is 0 Å². The number of carbonyl (C=O) groups excluding carboxylic acids is 3. The van der Waals surface area contributed by atoms with Gasteiger partial charge in [0.25, 0.3) is 10.0 Å². The molecule has 1 aromatic heterocycles. The Kier molecular flexibility index (Phi) is 9.29. The molecule has 1 fully saturated rings. The molecule has 3 amide bonds. The van der Waals surface area contributed by atoms with E-state index in [2.05, 4.69) is 10.3 Å². The molecule has 0 radical (unpaired) electrons. The molecule has 0 atom stereocenters. The predicted octanol–water partition coefficient (Wildman–Crippen LogP) is 4.81. The standard InChI is InChI=1S/C28H29Cl2N5O6S/c1-28(2,3)41-27(38)35(42(39,40)22-12-8-20(30)9-13-22)16-15-31-23-5-4-14-32-24(23)34-18-17-33(25(36)26(34)37)21-10-6-19(29)7-11-21/h4-14,31H,15-18H2,1-3H3. The highest BCUT2D eigenvalue weighted by Crippen LogP contribution is 2.28. The largest absolute Gasteiger partial charge is 0.443 e. The second-order valence-corrected chi connectivity index (χ2v) is 12.9. The molecular weight excluding hydrogens is 605 g/mol. The zero-order chi connectivity index (χ0) is 30.7. The van der Waals surface area contributed by atoms with Crippen LogP contribution in [0.5, 0.6) is 0 Å². The van der Waals surface area contributed by atoms with Gasteiger partial charge >= 0.3 is 17.9 Å². The lowest BCUT2D eigenvalue weighted by Crippen LogP contribution is -2.55. The van der Waals surface area contributed by atoms with E-state index in [-0.39, 0.29) is 36.9 Å². The number of piperazine rings is 1. The SMILES string of the molecule is CC(C)(C)OC(=O)N(CCNc1cccnc1N1CCN(c2ccc(Cl)cc2)C(=O)C1=O)S(=O)(=O)c1ccc(Cl)cc1. The van der Waals surface area contributed by atoms with Gasteiger partial charge in [0.1, 0.15) is 5.60 Å². The van der Waals surface area contributed by atoms with E-state index in [9.17, 15) is 22.8 Å². The summed E-state index contributed by atoms with van der Waals surface area (Å²) in [4.78, 5) is 45.9. The summed E-state index contributed by atoms with van der Waals surface area (Å²) < 4.78 is 32.8. The average molecular weight is 635 g/mol. The smallest absolute Gasteiger partial charge is 0.424 e. The Labute approximate surface area is 254 Å². The van der Waals surface area contributed by atoms with Gasteiger partial charge in [0.2, 0.25) is 0 Å². The van der Waals surface area contributed by atoms with Crippen molar-refractivity contribution in [3.8, 4) is 0 Å². The topological polar surface area (TPSA) is 129 Å². The number of halogens is 2. The third kappa shape index (κ3) is 7.12. The van der Waals surface area contributed by atoms with Crippen molar-refractivity contribution in [3.05, 3.63) is 76.9 Å². The van der Waals surface area contributed by atoms with Gasteiger partial charge in [0.15, 0.2) is 5.82 Å². The van der Waals surface area contributed by atoms with E-state index in [1.54, 1.807) is 57.2 Å². The Bertz CT molecular complexity index is 1580. The number of aromatic nitrogens is 1. The Balaban J connectivity index is 1.52. The lowest BCUT2D eigenvalue weighted by Gasteiger charge is -2.34. The van der Waals surface area contributed by atoms with E-state index in [0.29, 0.717) is 25.7 Å². The molecule has 11 nitrogen and oxygen atoms in total. The van der Waals surface area contributed by atoms with Crippen LogP contribution in [0.15, 0.2) is 71.8 Å². The summed E-state index contributed by atoms with van der Waals surface area (Å²) in [6.45, 7) is 4.89. The number of amides is 3. The zero-order valence-corrected chi connectivity index (χ0v) is 25.4. The number of anilines is 3. The number of rotatable bonds is 8. The fourth-order valence-electron chi connectivity index (χ4n) is 4.10. The Morgan fingerprint density at radius 1 is 0.952 bits per heavy atom. The number of nitrogens with one attached hydrogen (secondary N) is 1. The highest BCUT2D eigenvalue weighted by Gasteiger charge is 2.36. The van der Waals surface area contributed by atoms with Gasteiger partial charge < -0.3 is 15.0 Å². The van der Waals surface area contributed by atoms with Crippen molar-refractivity contribution in [2.45, 2.75) is 31.3 Å². The van der Waals surface area contributed by atoms with E-state index < -0.39 is 33.5 Å². The molecule has 4 rings (SSSR count). The molecule has 14 heteroatoms. The molecule has 2 heterocycles. The van der Waals surface area contributed by atoms with Crippen LogP contribution in [0, 0.1) is 0 Å². The van der Waals surface area contributed by atoms with Crippen molar-refractivity contribution < 1.29 is 27.5 Å². The van der Waals surface area contributed by atoms with Crippen molar-refractivity contribution in [1.82, 2.24) is 9.29 Å². The monoisotopic (exact) mass is 633 g/mol. The maximum absolute atomic E-state index is 13.4. The minimum Gasteiger partial charge on any atom is -0.443 e. The molecule has 1 aliphatic heterocycles. The number of nitrogens with zero attached hydrogens (tertiary/aromatic N) is 4. The van der Waals surface area contributed by atoms with E-state index in [4.69, 9.17) is 27.9 Å². The van der Waals surface area contributed by atoms with Gasteiger partial charge in [-0.05, 0) is 81.4 Å². The number of sulfonamides is 1. The van der Waals surface area contributed by atoms with Crippen LogP contribution < -0.4 is 15.1 Å². The molecule has 3 aromatic rings. The van der Waals surface area contributed by atoms with E-state index in [0.717, 1.165) is 0 Å². The van der Waals surface area contributed by atoms with Crippen LogP contribution in [0.1, 0.15) is 20.8 Å². The average Bonchev–Trinajstić information content (AvgIpc) is 2.92. The molecule has 1 N–H and O–H groups in total. The second-order valence-electron chi connectivity index (χ2n) is 10.2. The Morgan fingerprint density at radius 3 is 2.14 bits per heavy atom. The van der Waals surface area contributed by atoms with Crippen LogP contribution in [0.2, 0.25) is 10.0 Å². The van der Waals surface area contributed by atoms with Crippen LogP contribution in [-0.4, -0.2) is 67.4 Å². The number of hydrogen-bond donors (Lipinski definition) is 1. The summed E-state index contributed by atoms with van der Waals surface area (Å²) in [5, 5.41) is 3.89. The summed E-state index contributed by atoms with van der Waals surface area (Å²) in [6.07, 6.45) is 0.423. The highest BCUT2D eigenvalue weighted by molar-refractivity contribution is 7.89. The Morgan fingerprint density at radius 2 is 1.52 bits per heavy atom. The summed E-state index contributed by atoms with van der Waals surface area (Å²) >= 11 is 11.9. The maximum atomic E-state index is 13.4. The number of pyridine rings is 1. The fraction of sp³-hybridized carbons (Fsp3) is 0.286. The highest BCUT2D eigenvalue weighted by atomic mass is 35.5. The van der Waals surface area contributed by atoms with Crippen LogP contribution in [0.3, 0.4) is 0 Å². The first-order valence-electron chi connectivity index (χ1n) is 12.9. The van der Waals surface area contributed by atoms with Gasteiger partial charge in [-0.25, -0.2) is 18.2 Å². The van der Waals surface area contributed by atoms with Gasteiger partial charge in [-0.3, -0.25) is 14.5 Å². The summed E-state index contributed by atoms with van der Waals surface area (Å²) in [6, 6.07) is 15.3. The van der Waals surface area contributed by atoms with Gasteiger partial charge in [-0.15, -0.1) is 0 Å². The quantitative estimate of drug-likeness (QED) is 0.350. The van der Waals surface area contributed by atoms with Crippen LogP contribution >= 0.6 is 23.2 Å². The predicted molar refractivity (Wildman–Crippen MR) is 160 cm³/mol. The first-order chi connectivity index (χ1) is 19.8. The molecule has 222 valence electrons. The number of hydrogen-bond acceptors (Lipinski definition) is 8.